The van der Waals surface area contributed by atoms with Crippen LogP contribution in [-0.4, -0.2) is 35.0 Å². The second-order valence-corrected chi connectivity index (χ2v) is 5.69. The van der Waals surface area contributed by atoms with E-state index in [1.165, 1.54) is 12.0 Å². The number of hydrogen-bond acceptors (Lipinski definition) is 4. The normalized spacial score (nSPS) is 18.9. The highest BCUT2D eigenvalue weighted by Gasteiger charge is 2.24. The molecule has 4 heteroatoms. The van der Waals surface area contributed by atoms with Crippen LogP contribution in [0, 0.1) is 6.92 Å². The molecule has 1 saturated heterocycles. The first-order valence-electron chi connectivity index (χ1n) is 7.54. The lowest BCUT2D eigenvalue weighted by Crippen LogP contribution is -2.21. The number of benzene rings is 1. The van der Waals surface area contributed by atoms with E-state index >= 15 is 0 Å². The van der Waals surface area contributed by atoms with Gasteiger partial charge in [0.15, 0.2) is 0 Å². The van der Waals surface area contributed by atoms with Crippen molar-refractivity contribution in [3.63, 3.8) is 0 Å². The summed E-state index contributed by atoms with van der Waals surface area (Å²) in [6.45, 7) is 5.06. The van der Waals surface area contributed by atoms with Crippen LogP contribution in [0.4, 0.5) is 5.82 Å². The zero-order chi connectivity index (χ0) is 14.7. The average Bonchev–Trinajstić information content (AvgIpc) is 2.96. The second-order valence-electron chi connectivity index (χ2n) is 5.69. The Morgan fingerprint density at radius 3 is 2.81 bits per heavy atom. The van der Waals surface area contributed by atoms with Crippen molar-refractivity contribution in [2.24, 2.45) is 0 Å². The summed E-state index contributed by atoms with van der Waals surface area (Å²) >= 11 is 0. The Labute approximate surface area is 126 Å². The first-order valence-corrected chi connectivity index (χ1v) is 7.54. The molecular weight excluding hydrogens is 260 g/mol. The summed E-state index contributed by atoms with van der Waals surface area (Å²) in [5, 5.41) is 3.10. The first kappa shape index (κ1) is 14.0. The standard InChI is InChI=1S/C17H22N4/c1-13-10-16(18-2)20-17(19-13)12-21-9-8-15(11-21)14-6-4-3-5-7-14/h3-7,10,15H,8-9,11-12H2,1-2H3,(H,18,19,20). The summed E-state index contributed by atoms with van der Waals surface area (Å²) in [5.41, 5.74) is 2.46. The van der Waals surface area contributed by atoms with Crippen LogP contribution in [0.15, 0.2) is 36.4 Å². The number of aromatic nitrogens is 2. The summed E-state index contributed by atoms with van der Waals surface area (Å²) in [5.74, 6) is 2.45. The third-order valence-corrected chi connectivity index (χ3v) is 4.07. The Morgan fingerprint density at radius 2 is 2.05 bits per heavy atom. The molecule has 1 aromatic heterocycles. The Morgan fingerprint density at radius 1 is 1.24 bits per heavy atom. The Hall–Kier alpha value is -1.94. The highest BCUT2D eigenvalue weighted by atomic mass is 15.2. The molecule has 1 fully saturated rings. The molecule has 0 radical (unpaired) electrons. The molecule has 3 rings (SSSR count). The third-order valence-electron chi connectivity index (χ3n) is 4.07. The molecule has 0 bridgehead atoms. The van der Waals surface area contributed by atoms with Gasteiger partial charge in [-0.3, -0.25) is 4.90 Å². The molecule has 1 aliphatic rings. The first-order chi connectivity index (χ1) is 10.2. The fourth-order valence-corrected chi connectivity index (χ4v) is 3.00. The maximum atomic E-state index is 4.55. The second kappa shape index (κ2) is 6.22. The van der Waals surface area contributed by atoms with Gasteiger partial charge in [0, 0.05) is 25.4 Å². The minimum atomic E-state index is 0.639. The monoisotopic (exact) mass is 282 g/mol. The Kier molecular flexibility index (Phi) is 4.15. The molecule has 110 valence electrons. The van der Waals surface area contributed by atoms with Crippen molar-refractivity contribution in [2.75, 3.05) is 25.5 Å². The van der Waals surface area contributed by atoms with Gasteiger partial charge in [0.05, 0.1) is 6.54 Å². The Bertz CT molecular complexity index is 597. The number of nitrogens with zero attached hydrogens (tertiary/aromatic N) is 3. The minimum Gasteiger partial charge on any atom is -0.373 e. The zero-order valence-corrected chi connectivity index (χ0v) is 12.7. The number of aryl methyl sites for hydroxylation is 1. The highest BCUT2D eigenvalue weighted by Crippen LogP contribution is 2.27. The van der Waals surface area contributed by atoms with E-state index in [2.05, 4.69) is 50.5 Å². The van der Waals surface area contributed by atoms with Crippen LogP contribution >= 0.6 is 0 Å². The molecule has 2 heterocycles. The molecule has 0 amide bonds. The maximum Gasteiger partial charge on any atom is 0.144 e. The van der Waals surface area contributed by atoms with Gasteiger partial charge in [0.1, 0.15) is 11.6 Å². The number of nitrogens with one attached hydrogen (secondary N) is 1. The largest absolute Gasteiger partial charge is 0.373 e. The molecular formula is C17H22N4. The fraction of sp³-hybridized carbons (Fsp3) is 0.412. The molecule has 1 N–H and O–H groups in total. The van der Waals surface area contributed by atoms with Crippen molar-refractivity contribution in [3.8, 4) is 0 Å². The summed E-state index contributed by atoms with van der Waals surface area (Å²) in [6.07, 6.45) is 1.22. The average molecular weight is 282 g/mol. The molecule has 1 aromatic carbocycles. The van der Waals surface area contributed by atoms with E-state index in [9.17, 15) is 0 Å². The minimum absolute atomic E-state index is 0.639. The van der Waals surface area contributed by atoms with Gasteiger partial charge in [-0.25, -0.2) is 9.97 Å². The van der Waals surface area contributed by atoms with Gasteiger partial charge >= 0.3 is 0 Å². The molecule has 0 saturated carbocycles. The number of anilines is 1. The summed E-state index contributed by atoms with van der Waals surface area (Å²) in [7, 11) is 1.90. The van der Waals surface area contributed by atoms with Crippen molar-refractivity contribution in [2.45, 2.75) is 25.8 Å². The van der Waals surface area contributed by atoms with E-state index in [4.69, 9.17) is 0 Å². The topological polar surface area (TPSA) is 41.1 Å². The lowest BCUT2D eigenvalue weighted by atomic mass is 9.99. The molecule has 2 aromatic rings. The number of likely N-dealkylation sites (tertiary alicyclic amines) is 1. The van der Waals surface area contributed by atoms with Crippen molar-refractivity contribution >= 4 is 5.82 Å². The van der Waals surface area contributed by atoms with Gasteiger partial charge in [-0.15, -0.1) is 0 Å². The van der Waals surface area contributed by atoms with Crippen molar-refractivity contribution in [1.29, 1.82) is 0 Å². The lowest BCUT2D eigenvalue weighted by molar-refractivity contribution is 0.318. The smallest absolute Gasteiger partial charge is 0.144 e. The third kappa shape index (κ3) is 3.39. The molecule has 1 atom stereocenters. The van der Waals surface area contributed by atoms with E-state index < -0.39 is 0 Å². The predicted octanol–water partition coefficient (Wildman–Crippen LogP) is 2.82. The summed E-state index contributed by atoms with van der Waals surface area (Å²) < 4.78 is 0. The molecule has 4 nitrogen and oxygen atoms in total. The van der Waals surface area contributed by atoms with Crippen LogP contribution in [0.3, 0.4) is 0 Å². The van der Waals surface area contributed by atoms with Gasteiger partial charge in [-0.2, -0.15) is 0 Å². The van der Waals surface area contributed by atoms with E-state index in [1.54, 1.807) is 0 Å². The predicted molar refractivity (Wildman–Crippen MR) is 85.4 cm³/mol. The zero-order valence-electron chi connectivity index (χ0n) is 12.7. The van der Waals surface area contributed by atoms with E-state index in [-0.39, 0.29) is 0 Å². The fourth-order valence-electron chi connectivity index (χ4n) is 3.00. The number of hydrogen-bond donors (Lipinski definition) is 1. The maximum absolute atomic E-state index is 4.55. The van der Waals surface area contributed by atoms with Crippen LogP contribution in [0.5, 0.6) is 0 Å². The van der Waals surface area contributed by atoms with Crippen molar-refractivity contribution in [3.05, 3.63) is 53.5 Å². The molecule has 1 unspecified atom stereocenters. The van der Waals surface area contributed by atoms with Gasteiger partial charge in [-0.1, -0.05) is 30.3 Å². The number of rotatable bonds is 4. The van der Waals surface area contributed by atoms with Crippen LogP contribution in [-0.2, 0) is 6.54 Å². The lowest BCUT2D eigenvalue weighted by Gasteiger charge is -2.16. The summed E-state index contributed by atoms with van der Waals surface area (Å²) in [4.78, 5) is 11.6. The van der Waals surface area contributed by atoms with Crippen LogP contribution < -0.4 is 5.32 Å². The van der Waals surface area contributed by atoms with Crippen molar-refractivity contribution in [1.82, 2.24) is 14.9 Å². The molecule has 21 heavy (non-hydrogen) atoms. The van der Waals surface area contributed by atoms with E-state index in [1.807, 2.05) is 20.0 Å². The highest BCUT2D eigenvalue weighted by molar-refractivity contribution is 5.34. The van der Waals surface area contributed by atoms with Gasteiger partial charge in [0.25, 0.3) is 0 Å². The van der Waals surface area contributed by atoms with Crippen molar-refractivity contribution < 1.29 is 0 Å². The molecule has 0 aliphatic carbocycles. The van der Waals surface area contributed by atoms with E-state index in [0.717, 1.165) is 37.0 Å². The van der Waals surface area contributed by atoms with E-state index in [0.29, 0.717) is 5.92 Å². The Balaban J connectivity index is 1.66. The van der Waals surface area contributed by atoms with Crippen LogP contribution in [0.1, 0.15) is 29.4 Å². The molecule has 1 aliphatic heterocycles. The quantitative estimate of drug-likeness (QED) is 0.936. The summed E-state index contributed by atoms with van der Waals surface area (Å²) in [6, 6.07) is 12.8. The molecule has 0 spiro atoms. The van der Waals surface area contributed by atoms with Gasteiger partial charge < -0.3 is 5.32 Å². The van der Waals surface area contributed by atoms with Gasteiger partial charge in [-0.05, 0) is 31.4 Å². The van der Waals surface area contributed by atoms with Crippen LogP contribution in [0.25, 0.3) is 0 Å². The van der Waals surface area contributed by atoms with Crippen LogP contribution in [0.2, 0.25) is 0 Å². The van der Waals surface area contributed by atoms with Gasteiger partial charge in [0.2, 0.25) is 0 Å². The SMILES string of the molecule is CNc1cc(C)nc(CN2CCC(c3ccccc3)C2)n1.